The molecule has 0 unspecified atom stereocenters. The van der Waals surface area contributed by atoms with Gasteiger partial charge < -0.3 is 0 Å². The lowest BCUT2D eigenvalue weighted by atomic mass is 10.2. The van der Waals surface area contributed by atoms with Crippen LogP contribution in [-0.2, 0) is 19.6 Å². The molecular formula is C16H18N4O4S. The molecule has 2 heterocycles. The Labute approximate surface area is 146 Å². The molecule has 2 amide bonds. The summed E-state index contributed by atoms with van der Waals surface area (Å²) in [5.41, 5.74) is 0.114. The third-order valence-corrected chi connectivity index (χ3v) is 6.65. The van der Waals surface area contributed by atoms with Gasteiger partial charge in [0.05, 0.1) is 22.9 Å². The van der Waals surface area contributed by atoms with Gasteiger partial charge in [-0.25, -0.2) is 8.42 Å². The fourth-order valence-electron chi connectivity index (χ4n) is 3.20. The van der Waals surface area contributed by atoms with E-state index >= 15 is 0 Å². The van der Waals surface area contributed by atoms with Gasteiger partial charge in [-0.15, -0.1) is 0 Å². The zero-order valence-electron chi connectivity index (χ0n) is 13.8. The van der Waals surface area contributed by atoms with E-state index in [0.717, 1.165) is 4.90 Å². The first-order valence-electron chi connectivity index (χ1n) is 7.90. The van der Waals surface area contributed by atoms with Gasteiger partial charge in [-0.2, -0.15) is 9.57 Å². The van der Waals surface area contributed by atoms with E-state index in [4.69, 9.17) is 5.26 Å². The highest BCUT2D eigenvalue weighted by atomic mass is 32.2. The molecule has 1 aromatic rings. The van der Waals surface area contributed by atoms with Crippen LogP contribution in [0.2, 0.25) is 0 Å². The summed E-state index contributed by atoms with van der Waals surface area (Å²) in [4.78, 5) is 26.7. The molecule has 132 valence electrons. The predicted molar refractivity (Wildman–Crippen MR) is 87.7 cm³/mol. The first-order valence-corrected chi connectivity index (χ1v) is 9.34. The number of hydrogen-bond acceptors (Lipinski definition) is 6. The maximum atomic E-state index is 12.8. The SMILES string of the molecule is CN1C(=O)C[C@@H](N2CCN(S(=O)(=O)c3ccccc3C#N)CC2)C1=O. The highest BCUT2D eigenvalue weighted by Crippen LogP contribution is 2.23. The Bertz CT molecular complexity index is 853. The topological polar surface area (TPSA) is 102 Å². The van der Waals surface area contributed by atoms with Gasteiger partial charge in [-0.05, 0) is 12.1 Å². The number of benzene rings is 1. The van der Waals surface area contributed by atoms with Crippen molar-refractivity contribution in [3.05, 3.63) is 29.8 Å². The molecule has 0 N–H and O–H groups in total. The minimum Gasteiger partial charge on any atom is -0.289 e. The van der Waals surface area contributed by atoms with E-state index in [0.29, 0.717) is 13.1 Å². The molecule has 9 heteroatoms. The average molecular weight is 362 g/mol. The standard InChI is InChI=1S/C16H18N4O4S/c1-18-15(21)10-13(16(18)22)19-6-8-20(9-7-19)25(23,24)14-5-3-2-4-12(14)11-17/h2-5,13H,6-10H2,1H3/t13-/m1/s1. The van der Waals surface area contributed by atoms with Crippen molar-refractivity contribution in [1.82, 2.24) is 14.1 Å². The maximum Gasteiger partial charge on any atom is 0.246 e. The van der Waals surface area contributed by atoms with E-state index in [1.165, 1.54) is 23.5 Å². The minimum atomic E-state index is -3.76. The average Bonchev–Trinajstić information content (AvgIpc) is 2.89. The van der Waals surface area contributed by atoms with E-state index < -0.39 is 16.1 Å². The molecule has 1 atom stereocenters. The number of nitrogens with zero attached hydrogens (tertiary/aromatic N) is 4. The predicted octanol–water partition coefficient (Wildman–Crippen LogP) is -0.378. The molecule has 0 aromatic heterocycles. The fraction of sp³-hybridized carbons (Fsp3) is 0.438. The lowest BCUT2D eigenvalue weighted by Gasteiger charge is -2.36. The summed E-state index contributed by atoms with van der Waals surface area (Å²) < 4.78 is 26.9. The van der Waals surface area contributed by atoms with Crippen LogP contribution in [0.25, 0.3) is 0 Å². The largest absolute Gasteiger partial charge is 0.289 e. The van der Waals surface area contributed by atoms with Crippen LogP contribution in [0, 0.1) is 11.3 Å². The summed E-state index contributed by atoms with van der Waals surface area (Å²) in [6, 6.07) is 7.50. The summed E-state index contributed by atoms with van der Waals surface area (Å²) >= 11 is 0. The number of hydrogen-bond donors (Lipinski definition) is 0. The second kappa shape index (κ2) is 6.55. The first-order chi connectivity index (χ1) is 11.9. The van der Waals surface area contributed by atoms with Crippen molar-refractivity contribution in [1.29, 1.82) is 5.26 Å². The molecule has 2 aliphatic heterocycles. The van der Waals surface area contributed by atoms with E-state index in [-0.39, 0.29) is 41.8 Å². The Hall–Kier alpha value is -2.28. The smallest absolute Gasteiger partial charge is 0.246 e. The third kappa shape index (κ3) is 3.04. The number of piperazine rings is 1. The number of carbonyl (C=O) groups excluding carboxylic acids is 2. The van der Waals surface area contributed by atoms with Gasteiger partial charge in [-0.1, -0.05) is 12.1 Å². The van der Waals surface area contributed by atoms with Crippen LogP contribution in [0.1, 0.15) is 12.0 Å². The van der Waals surface area contributed by atoms with Gasteiger partial charge in [0.1, 0.15) is 6.07 Å². The van der Waals surface area contributed by atoms with Crippen LogP contribution in [0.3, 0.4) is 0 Å². The van der Waals surface area contributed by atoms with Crippen LogP contribution in [0.5, 0.6) is 0 Å². The summed E-state index contributed by atoms with van der Waals surface area (Å²) in [6.45, 7) is 1.16. The third-order valence-electron chi connectivity index (χ3n) is 4.70. The van der Waals surface area contributed by atoms with E-state index in [1.54, 1.807) is 12.1 Å². The zero-order chi connectivity index (χ0) is 18.2. The van der Waals surface area contributed by atoms with Gasteiger partial charge in [-0.3, -0.25) is 19.4 Å². The number of amides is 2. The van der Waals surface area contributed by atoms with Crippen molar-refractivity contribution in [3.8, 4) is 6.07 Å². The molecule has 2 aliphatic rings. The quantitative estimate of drug-likeness (QED) is 0.680. The van der Waals surface area contributed by atoms with Crippen molar-refractivity contribution in [2.45, 2.75) is 17.4 Å². The van der Waals surface area contributed by atoms with Crippen LogP contribution in [-0.4, -0.2) is 73.6 Å². The molecule has 0 saturated carbocycles. The van der Waals surface area contributed by atoms with E-state index in [2.05, 4.69) is 0 Å². The van der Waals surface area contributed by atoms with Gasteiger partial charge >= 0.3 is 0 Å². The van der Waals surface area contributed by atoms with Crippen LogP contribution >= 0.6 is 0 Å². The Morgan fingerprint density at radius 2 is 1.76 bits per heavy atom. The van der Waals surface area contributed by atoms with Crippen LogP contribution in [0.15, 0.2) is 29.2 Å². The van der Waals surface area contributed by atoms with Gasteiger partial charge in [0.15, 0.2) is 0 Å². The Kier molecular flexibility index (Phi) is 4.60. The molecule has 0 bridgehead atoms. The molecule has 25 heavy (non-hydrogen) atoms. The van der Waals surface area contributed by atoms with E-state index in [1.807, 2.05) is 11.0 Å². The maximum absolute atomic E-state index is 12.8. The Balaban J connectivity index is 1.73. The number of likely N-dealkylation sites (tertiary alicyclic amines) is 1. The molecule has 0 radical (unpaired) electrons. The molecular weight excluding hydrogens is 344 g/mol. The van der Waals surface area contributed by atoms with Crippen molar-refractivity contribution in [3.63, 3.8) is 0 Å². The number of sulfonamides is 1. The number of carbonyl (C=O) groups is 2. The Morgan fingerprint density at radius 3 is 2.32 bits per heavy atom. The van der Waals surface area contributed by atoms with Crippen molar-refractivity contribution < 1.29 is 18.0 Å². The molecule has 0 aliphatic carbocycles. The minimum absolute atomic E-state index is 0.00203. The molecule has 3 rings (SSSR count). The number of nitriles is 1. The lowest BCUT2D eigenvalue weighted by molar-refractivity contribution is -0.138. The summed E-state index contributed by atoms with van der Waals surface area (Å²) in [5.74, 6) is -0.455. The number of likely N-dealkylation sites (N-methyl/N-ethyl adjacent to an activating group) is 1. The highest BCUT2D eigenvalue weighted by molar-refractivity contribution is 7.89. The molecule has 8 nitrogen and oxygen atoms in total. The summed E-state index contributed by atoms with van der Waals surface area (Å²) in [6.07, 6.45) is 0.138. The van der Waals surface area contributed by atoms with Gasteiger partial charge in [0.25, 0.3) is 0 Å². The normalized spacial score (nSPS) is 23.0. The molecule has 1 aromatic carbocycles. The van der Waals surface area contributed by atoms with Gasteiger partial charge in [0, 0.05) is 33.2 Å². The second-order valence-electron chi connectivity index (χ2n) is 6.06. The fourth-order valence-corrected chi connectivity index (χ4v) is 4.76. The van der Waals surface area contributed by atoms with Crippen molar-refractivity contribution in [2.24, 2.45) is 0 Å². The lowest BCUT2D eigenvalue weighted by Crippen LogP contribution is -2.53. The molecule has 2 fully saturated rings. The zero-order valence-corrected chi connectivity index (χ0v) is 14.6. The van der Waals surface area contributed by atoms with Crippen LogP contribution < -0.4 is 0 Å². The molecule has 0 spiro atoms. The number of imide groups is 1. The first kappa shape index (κ1) is 17.5. The summed E-state index contributed by atoms with van der Waals surface area (Å²) in [7, 11) is -2.30. The van der Waals surface area contributed by atoms with Crippen molar-refractivity contribution >= 4 is 21.8 Å². The van der Waals surface area contributed by atoms with E-state index in [9.17, 15) is 18.0 Å². The second-order valence-corrected chi connectivity index (χ2v) is 7.97. The van der Waals surface area contributed by atoms with Crippen molar-refractivity contribution in [2.75, 3.05) is 33.2 Å². The highest BCUT2D eigenvalue weighted by Gasteiger charge is 2.41. The summed E-state index contributed by atoms with van der Waals surface area (Å²) in [5, 5.41) is 9.13. The Morgan fingerprint density at radius 1 is 1.12 bits per heavy atom. The molecule has 2 saturated heterocycles. The van der Waals surface area contributed by atoms with Crippen LogP contribution in [0.4, 0.5) is 0 Å². The monoisotopic (exact) mass is 362 g/mol. The van der Waals surface area contributed by atoms with Gasteiger partial charge in [0.2, 0.25) is 21.8 Å². The number of rotatable bonds is 3.